The van der Waals surface area contributed by atoms with Crippen LogP contribution in [0, 0.1) is 0 Å². The zero-order valence-corrected chi connectivity index (χ0v) is 18.6. The van der Waals surface area contributed by atoms with Crippen LogP contribution < -0.4 is 16.2 Å². The zero-order chi connectivity index (χ0) is 21.4. The molecule has 0 aliphatic carbocycles. The Morgan fingerprint density at radius 3 is 2.40 bits per heavy atom. The summed E-state index contributed by atoms with van der Waals surface area (Å²) in [7, 11) is 0. The molecule has 0 radical (unpaired) electrons. The fourth-order valence-electron chi connectivity index (χ4n) is 2.82. The minimum absolute atomic E-state index is 0.0842. The van der Waals surface area contributed by atoms with Crippen LogP contribution in [0.15, 0.2) is 41.8 Å². The zero-order valence-electron chi connectivity index (χ0n) is 17.7. The number of unbranched alkanes of at least 4 members (excludes halogenated alkanes) is 4. The quantitative estimate of drug-likeness (QED) is 0.290. The minimum atomic E-state index is -0.163. The van der Waals surface area contributed by atoms with E-state index in [0.29, 0.717) is 17.0 Å². The van der Waals surface area contributed by atoms with Gasteiger partial charge in [0, 0.05) is 31.9 Å². The number of carbonyl (C=O) groups is 2. The number of ether oxygens (including phenoxy) is 1. The SMILES string of the molecule is CCCCCOCCCCCNNC(=O)c1ccc(CNC(=O)c2cccs2)cc1. The number of hydrogen-bond donors (Lipinski definition) is 3. The Balaban J connectivity index is 1.53. The van der Waals surface area contributed by atoms with Crippen LogP contribution in [-0.2, 0) is 11.3 Å². The molecule has 0 spiro atoms. The van der Waals surface area contributed by atoms with Crippen LogP contribution in [0.25, 0.3) is 0 Å². The van der Waals surface area contributed by atoms with Crippen molar-refractivity contribution in [1.82, 2.24) is 16.2 Å². The summed E-state index contributed by atoms with van der Waals surface area (Å²) in [5.41, 5.74) is 7.23. The lowest BCUT2D eigenvalue weighted by atomic mass is 10.1. The maximum atomic E-state index is 12.2. The fourth-order valence-corrected chi connectivity index (χ4v) is 3.46. The topological polar surface area (TPSA) is 79.5 Å². The van der Waals surface area contributed by atoms with Crippen molar-refractivity contribution in [1.29, 1.82) is 0 Å². The van der Waals surface area contributed by atoms with Crippen molar-refractivity contribution in [2.45, 2.75) is 52.0 Å². The van der Waals surface area contributed by atoms with Crippen molar-refractivity contribution >= 4 is 23.2 Å². The maximum absolute atomic E-state index is 12.2. The molecule has 2 rings (SSSR count). The second kappa shape index (κ2) is 14.7. The van der Waals surface area contributed by atoms with Crippen LogP contribution in [0.4, 0.5) is 0 Å². The lowest BCUT2D eigenvalue weighted by molar-refractivity contribution is 0.0929. The Morgan fingerprint density at radius 1 is 0.933 bits per heavy atom. The van der Waals surface area contributed by atoms with E-state index < -0.39 is 0 Å². The van der Waals surface area contributed by atoms with Gasteiger partial charge in [0.05, 0.1) is 4.88 Å². The van der Waals surface area contributed by atoms with E-state index in [9.17, 15) is 9.59 Å². The van der Waals surface area contributed by atoms with Crippen LogP contribution in [-0.4, -0.2) is 31.6 Å². The molecule has 0 aliphatic rings. The molecule has 0 atom stereocenters. The maximum Gasteiger partial charge on any atom is 0.265 e. The first-order valence-electron chi connectivity index (χ1n) is 10.7. The van der Waals surface area contributed by atoms with Crippen molar-refractivity contribution in [2.75, 3.05) is 19.8 Å². The Hall–Kier alpha value is -2.22. The Morgan fingerprint density at radius 2 is 1.70 bits per heavy atom. The van der Waals surface area contributed by atoms with Gasteiger partial charge < -0.3 is 10.1 Å². The highest BCUT2D eigenvalue weighted by Crippen LogP contribution is 2.09. The highest BCUT2D eigenvalue weighted by molar-refractivity contribution is 7.12. The standard InChI is InChI=1S/C23H33N3O3S/c1-2-3-6-15-29-16-7-4-5-14-25-26-22(27)20-12-10-19(11-13-20)18-24-23(28)21-9-8-17-30-21/h8-13,17,25H,2-7,14-16,18H2,1H3,(H,24,28)(H,26,27). The molecule has 164 valence electrons. The molecule has 2 aromatic rings. The number of nitrogens with one attached hydrogen (secondary N) is 3. The summed E-state index contributed by atoms with van der Waals surface area (Å²) < 4.78 is 5.58. The van der Waals surface area contributed by atoms with Gasteiger partial charge in [-0.2, -0.15) is 0 Å². The first kappa shape index (κ1) is 24.1. The first-order valence-corrected chi connectivity index (χ1v) is 11.6. The molecule has 30 heavy (non-hydrogen) atoms. The van der Waals surface area contributed by atoms with E-state index in [0.717, 1.165) is 51.0 Å². The molecule has 1 aromatic carbocycles. The van der Waals surface area contributed by atoms with E-state index in [1.54, 1.807) is 18.2 Å². The lowest BCUT2D eigenvalue weighted by Crippen LogP contribution is -2.37. The summed E-state index contributed by atoms with van der Waals surface area (Å²) in [6, 6.07) is 10.9. The van der Waals surface area contributed by atoms with Crippen molar-refractivity contribution < 1.29 is 14.3 Å². The molecule has 0 saturated carbocycles. The van der Waals surface area contributed by atoms with Gasteiger partial charge in [-0.25, -0.2) is 5.43 Å². The molecule has 7 heteroatoms. The second-order valence-corrected chi connectivity index (χ2v) is 8.07. The molecule has 0 bridgehead atoms. The van der Waals surface area contributed by atoms with Gasteiger partial charge in [0.2, 0.25) is 0 Å². The Labute approximate surface area is 183 Å². The molecule has 6 nitrogen and oxygen atoms in total. The van der Waals surface area contributed by atoms with Crippen LogP contribution >= 0.6 is 11.3 Å². The summed E-state index contributed by atoms with van der Waals surface area (Å²) in [6.07, 6.45) is 6.71. The van der Waals surface area contributed by atoms with Gasteiger partial charge in [-0.3, -0.25) is 15.0 Å². The van der Waals surface area contributed by atoms with E-state index in [1.165, 1.54) is 24.2 Å². The number of hydrazine groups is 1. The molecule has 0 unspecified atom stereocenters. The van der Waals surface area contributed by atoms with Crippen LogP contribution in [0.3, 0.4) is 0 Å². The van der Waals surface area contributed by atoms with Crippen LogP contribution in [0.2, 0.25) is 0 Å². The van der Waals surface area contributed by atoms with E-state index in [4.69, 9.17) is 4.74 Å². The van der Waals surface area contributed by atoms with Crippen LogP contribution in [0.1, 0.15) is 71.0 Å². The van der Waals surface area contributed by atoms with Crippen molar-refractivity contribution in [2.24, 2.45) is 0 Å². The molecule has 2 amide bonds. The summed E-state index contributed by atoms with van der Waals surface area (Å²) in [4.78, 5) is 24.8. The molecule has 3 N–H and O–H groups in total. The van der Waals surface area contributed by atoms with Gasteiger partial charge in [-0.15, -0.1) is 11.3 Å². The van der Waals surface area contributed by atoms with Gasteiger partial charge in [0.1, 0.15) is 0 Å². The third-order valence-electron chi connectivity index (χ3n) is 4.60. The van der Waals surface area contributed by atoms with Gasteiger partial charge in [-0.05, 0) is 54.8 Å². The average Bonchev–Trinajstić information content (AvgIpc) is 3.31. The molecule has 0 saturated heterocycles. The number of hydrogen-bond acceptors (Lipinski definition) is 5. The number of carbonyl (C=O) groups excluding carboxylic acids is 2. The highest BCUT2D eigenvalue weighted by atomic mass is 32.1. The molecule has 1 heterocycles. The van der Waals surface area contributed by atoms with E-state index >= 15 is 0 Å². The first-order chi connectivity index (χ1) is 14.7. The van der Waals surface area contributed by atoms with E-state index in [-0.39, 0.29) is 11.8 Å². The summed E-state index contributed by atoms with van der Waals surface area (Å²) in [5.74, 6) is -0.248. The predicted octanol–water partition coefficient (Wildman–Crippen LogP) is 4.29. The number of amides is 2. The number of benzene rings is 1. The normalized spacial score (nSPS) is 10.7. The van der Waals surface area contributed by atoms with Gasteiger partial charge in [0.25, 0.3) is 11.8 Å². The van der Waals surface area contributed by atoms with Gasteiger partial charge in [-0.1, -0.05) is 38.0 Å². The highest BCUT2D eigenvalue weighted by Gasteiger charge is 2.07. The second-order valence-electron chi connectivity index (χ2n) is 7.12. The Bertz CT molecular complexity index is 733. The van der Waals surface area contributed by atoms with E-state index in [1.807, 2.05) is 23.6 Å². The predicted molar refractivity (Wildman–Crippen MR) is 122 cm³/mol. The minimum Gasteiger partial charge on any atom is -0.381 e. The largest absolute Gasteiger partial charge is 0.381 e. The summed E-state index contributed by atoms with van der Waals surface area (Å²) in [5, 5.41) is 4.75. The third-order valence-corrected chi connectivity index (χ3v) is 5.47. The van der Waals surface area contributed by atoms with E-state index in [2.05, 4.69) is 23.1 Å². The monoisotopic (exact) mass is 431 g/mol. The van der Waals surface area contributed by atoms with Gasteiger partial charge >= 0.3 is 0 Å². The van der Waals surface area contributed by atoms with Crippen LogP contribution in [0.5, 0.6) is 0 Å². The summed E-state index contributed by atoms with van der Waals surface area (Å²) in [6.45, 7) is 5.03. The van der Waals surface area contributed by atoms with Gasteiger partial charge in [0.15, 0.2) is 0 Å². The molecule has 0 aliphatic heterocycles. The molecular weight excluding hydrogens is 398 g/mol. The molecule has 0 fully saturated rings. The molecular formula is C23H33N3O3S. The number of rotatable bonds is 15. The Kier molecular flexibility index (Phi) is 11.8. The van der Waals surface area contributed by atoms with Crippen molar-refractivity contribution in [3.8, 4) is 0 Å². The van der Waals surface area contributed by atoms with Crippen molar-refractivity contribution in [3.63, 3.8) is 0 Å². The summed E-state index contributed by atoms with van der Waals surface area (Å²) >= 11 is 1.41. The number of thiophene rings is 1. The smallest absolute Gasteiger partial charge is 0.265 e. The fraction of sp³-hybridized carbons (Fsp3) is 0.478. The third kappa shape index (κ3) is 9.52. The lowest BCUT2D eigenvalue weighted by Gasteiger charge is -2.09. The average molecular weight is 432 g/mol. The van der Waals surface area contributed by atoms with Crippen molar-refractivity contribution in [3.05, 3.63) is 57.8 Å². The molecule has 1 aromatic heterocycles.